The molecule has 1 aliphatic carbocycles. The van der Waals surface area contributed by atoms with Crippen molar-refractivity contribution >= 4 is 18.0 Å². The number of nitrogens with one attached hydrogen (secondary N) is 2. The van der Waals surface area contributed by atoms with Crippen molar-refractivity contribution in [3.05, 3.63) is 71.5 Å². The van der Waals surface area contributed by atoms with Crippen molar-refractivity contribution in [2.45, 2.75) is 12.5 Å². The van der Waals surface area contributed by atoms with E-state index in [9.17, 15) is 14.4 Å². The standard InChI is InChI=1S/C24H21N5O5/c30-22(25-12-13-29-14-21(23(31)32)27-28-29)10-5-11-26-24(33)34-15-20-18-8-3-1-6-16(18)17-7-2-4-9-19(17)20/h1-4,6-9,14,20H,11-13,15H2,(H,25,30)(H,26,33)(H,31,32). The molecule has 0 saturated heterocycles. The summed E-state index contributed by atoms with van der Waals surface area (Å²) in [7, 11) is 0. The molecule has 2 amide bonds. The van der Waals surface area contributed by atoms with Gasteiger partial charge in [-0.25, -0.2) is 14.3 Å². The van der Waals surface area contributed by atoms with Gasteiger partial charge in [0.15, 0.2) is 5.69 Å². The zero-order valence-electron chi connectivity index (χ0n) is 18.0. The molecular formula is C24H21N5O5. The highest BCUT2D eigenvalue weighted by Gasteiger charge is 2.28. The number of carbonyl (C=O) groups excluding carboxylic acids is 2. The Morgan fingerprint density at radius 1 is 1.03 bits per heavy atom. The molecule has 0 bridgehead atoms. The number of aromatic carboxylic acids is 1. The quantitative estimate of drug-likeness (QED) is 0.457. The van der Waals surface area contributed by atoms with Gasteiger partial charge in [-0.3, -0.25) is 4.79 Å². The molecule has 3 aromatic rings. The van der Waals surface area contributed by atoms with Crippen molar-refractivity contribution in [1.29, 1.82) is 0 Å². The van der Waals surface area contributed by atoms with Crippen LogP contribution in [0, 0.1) is 11.8 Å². The summed E-state index contributed by atoms with van der Waals surface area (Å²) < 4.78 is 6.71. The van der Waals surface area contributed by atoms with Gasteiger partial charge in [0.05, 0.1) is 19.3 Å². The third-order valence-corrected chi connectivity index (χ3v) is 5.25. The average molecular weight is 459 g/mol. The number of nitrogens with zero attached hydrogens (tertiary/aromatic N) is 3. The Balaban J connectivity index is 1.19. The smallest absolute Gasteiger partial charge is 0.407 e. The average Bonchev–Trinajstić information content (AvgIpc) is 3.44. The van der Waals surface area contributed by atoms with E-state index < -0.39 is 18.0 Å². The minimum absolute atomic E-state index is 0.0356. The van der Waals surface area contributed by atoms with Crippen LogP contribution < -0.4 is 10.6 Å². The first-order valence-corrected chi connectivity index (χ1v) is 10.5. The zero-order chi connectivity index (χ0) is 23.9. The predicted octanol–water partition coefficient (Wildman–Crippen LogP) is 1.63. The number of aromatic nitrogens is 3. The van der Waals surface area contributed by atoms with Crippen LogP contribution in [-0.4, -0.2) is 57.8 Å². The van der Waals surface area contributed by atoms with Gasteiger partial charge < -0.3 is 20.5 Å². The number of alkyl carbamates (subject to hydrolysis) is 1. The first-order chi connectivity index (χ1) is 16.5. The molecule has 0 radical (unpaired) electrons. The third-order valence-electron chi connectivity index (χ3n) is 5.25. The molecule has 0 atom stereocenters. The van der Waals surface area contributed by atoms with Crippen LogP contribution in [0.1, 0.15) is 27.5 Å². The Labute approximate surface area is 194 Å². The number of carboxylic acid groups (broad SMARTS) is 1. The zero-order valence-corrected chi connectivity index (χ0v) is 18.0. The number of amides is 2. The molecule has 0 saturated carbocycles. The summed E-state index contributed by atoms with van der Waals surface area (Å²) in [4.78, 5) is 34.6. The van der Waals surface area contributed by atoms with Crippen LogP contribution in [0.4, 0.5) is 4.79 Å². The van der Waals surface area contributed by atoms with Crippen LogP contribution >= 0.6 is 0 Å². The van der Waals surface area contributed by atoms with Crippen molar-refractivity contribution in [2.75, 3.05) is 19.7 Å². The van der Waals surface area contributed by atoms with E-state index in [1.807, 2.05) is 36.4 Å². The van der Waals surface area contributed by atoms with Gasteiger partial charge in [-0.1, -0.05) is 59.7 Å². The Hall–Kier alpha value is -4.65. The molecule has 0 fully saturated rings. The maximum atomic E-state index is 12.1. The Bertz CT molecular complexity index is 1240. The monoisotopic (exact) mass is 459 g/mol. The molecule has 34 heavy (non-hydrogen) atoms. The number of benzene rings is 2. The third kappa shape index (κ3) is 5.21. The van der Waals surface area contributed by atoms with Gasteiger partial charge in [-0.2, -0.15) is 0 Å². The van der Waals surface area contributed by atoms with Crippen LogP contribution in [0.3, 0.4) is 0 Å². The number of carbonyl (C=O) groups is 3. The van der Waals surface area contributed by atoms with Crippen LogP contribution in [0.25, 0.3) is 11.1 Å². The molecule has 4 rings (SSSR count). The van der Waals surface area contributed by atoms with E-state index in [0.29, 0.717) is 0 Å². The maximum Gasteiger partial charge on any atom is 0.407 e. The number of fused-ring (bicyclic) bond motifs is 3. The molecule has 10 heteroatoms. The first-order valence-electron chi connectivity index (χ1n) is 10.5. The van der Waals surface area contributed by atoms with E-state index >= 15 is 0 Å². The molecule has 2 aromatic carbocycles. The molecule has 1 aromatic heterocycles. The van der Waals surface area contributed by atoms with E-state index in [0.717, 1.165) is 22.3 Å². The summed E-state index contributed by atoms with van der Waals surface area (Å²) >= 11 is 0. The topological polar surface area (TPSA) is 135 Å². The van der Waals surface area contributed by atoms with Gasteiger partial charge in [0.1, 0.15) is 6.61 Å². The van der Waals surface area contributed by atoms with E-state index in [2.05, 4.69) is 44.9 Å². The number of hydrogen-bond donors (Lipinski definition) is 3. The van der Waals surface area contributed by atoms with Crippen LogP contribution in [0.5, 0.6) is 0 Å². The SMILES string of the molecule is O=C(C#CCNC(=O)OCC1c2ccccc2-c2ccccc21)NCCn1cc(C(=O)O)nn1. The number of rotatable bonds is 7. The molecule has 1 aliphatic rings. The summed E-state index contributed by atoms with van der Waals surface area (Å²) in [5.41, 5.74) is 4.37. The van der Waals surface area contributed by atoms with Crippen molar-refractivity contribution in [3.8, 4) is 23.0 Å². The Morgan fingerprint density at radius 3 is 2.35 bits per heavy atom. The molecule has 0 unspecified atom stereocenters. The van der Waals surface area contributed by atoms with Gasteiger partial charge in [0.2, 0.25) is 0 Å². The first kappa shape index (κ1) is 22.5. The predicted molar refractivity (Wildman–Crippen MR) is 121 cm³/mol. The fourth-order valence-electron chi connectivity index (χ4n) is 3.72. The summed E-state index contributed by atoms with van der Waals surface area (Å²) in [5, 5.41) is 21.0. The molecular weight excluding hydrogens is 438 g/mol. The lowest BCUT2D eigenvalue weighted by molar-refractivity contribution is -0.115. The summed E-state index contributed by atoms with van der Waals surface area (Å²) in [6.45, 7) is 0.580. The molecule has 0 spiro atoms. The largest absolute Gasteiger partial charge is 0.476 e. The molecule has 1 heterocycles. The molecule has 10 nitrogen and oxygen atoms in total. The summed E-state index contributed by atoms with van der Waals surface area (Å²) in [6.07, 6.45) is 0.648. The van der Waals surface area contributed by atoms with Crippen LogP contribution in [0.2, 0.25) is 0 Å². The fourth-order valence-corrected chi connectivity index (χ4v) is 3.72. The lowest BCUT2D eigenvalue weighted by Gasteiger charge is -2.14. The summed E-state index contributed by atoms with van der Waals surface area (Å²) in [6, 6.07) is 16.1. The highest BCUT2D eigenvalue weighted by atomic mass is 16.5. The lowest BCUT2D eigenvalue weighted by atomic mass is 9.98. The highest BCUT2D eigenvalue weighted by molar-refractivity contribution is 5.93. The second kappa shape index (κ2) is 10.3. The fraction of sp³-hybridized carbons (Fsp3) is 0.208. The van der Waals surface area contributed by atoms with Gasteiger partial charge in [0.25, 0.3) is 5.91 Å². The molecule has 172 valence electrons. The van der Waals surface area contributed by atoms with Crippen LogP contribution in [-0.2, 0) is 16.1 Å². The van der Waals surface area contributed by atoms with Gasteiger partial charge in [-0.05, 0) is 28.2 Å². The van der Waals surface area contributed by atoms with E-state index in [4.69, 9.17) is 9.84 Å². The van der Waals surface area contributed by atoms with Gasteiger partial charge in [-0.15, -0.1) is 5.10 Å². The number of hydrogen-bond acceptors (Lipinski definition) is 6. The number of carboxylic acids is 1. The van der Waals surface area contributed by atoms with E-state index in [1.165, 1.54) is 10.9 Å². The minimum atomic E-state index is -1.18. The maximum absolute atomic E-state index is 12.1. The Kier molecular flexibility index (Phi) is 6.84. The summed E-state index contributed by atoms with van der Waals surface area (Å²) in [5.74, 6) is 3.17. The van der Waals surface area contributed by atoms with Gasteiger partial charge >= 0.3 is 12.1 Å². The van der Waals surface area contributed by atoms with Crippen molar-refractivity contribution in [3.63, 3.8) is 0 Å². The second-order valence-electron chi connectivity index (χ2n) is 7.41. The number of ether oxygens (including phenoxy) is 1. The molecule has 0 aliphatic heterocycles. The van der Waals surface area contributed by atoms with E-state index in [-0.39, 0.29) is 37.9 Å². The van der Waals surface area contributed by atoms with Crippen molar-refractivity contribution < 1.29 is 24.2 Å². The second-order valence-corrected chi connectivity index (χ2v) is 7.41. The Morgan fingerprint density at radius 2 is 1.71 bits per heavy atom. The van der Waals surface area contributed by atoms with Crippen LogP contribution in [0.15, 0.2) is 54.7 Å². The normalized spacial score (nSPS) is 11.5. The van der Waals surface area contributed by atoms with E-state index in [1.54, 1.807) is 0 Å². The lowest BCUT2D eigenvalue weighted by Crippen LogP contribution is -2.28. The van der Waals surface area contributed by atoms with Crippen molar-refractivity contribution in [1.82, 2.24) is 25.6 Å². The minimum Gasteiger partial charge on any atom is -0.476 e. The highest BCUT2D eigenvalue weighted by Crippen LogP contribution is 2.44. The van der Waals surface area contributed by atoms with Gasteiger partial charge in [0, 0.05) is 12.5 Å². The molecule has 3 N–H and O–H groups in total. The van der Waals surface area contributed by atoms with Crippen molar-refractivity contribution in [2.24, 2.45) is 0 Å².